The van der Waals surface area contributed by atoms with Gasteiger partial charge in [0.05, 0.1) is 19.8 Å². The molecule has 2 unspecified atom stereocenters. The summed E-state index contributed by atoms with van der Waals surface area (Å²) in [5.74, 6) is 0.877. The minimum Gasteiger partial charge on any atom is -0.497 e. The number of hydrogen-bond donors (Lipinski definition) is 0. The molecular formula is C12H13NO3. The maximum atomic E-state index is 11.9. The number of hydrogen-bond acceptors (Lipinski definition) is 3. The second-order valence-electron chi connectivity index (χ2n) is 4.13. The van der Waals surface area contributed by atoms with E-state index in [0.29, 0.717) is 6.54 Å². The molecule has 0 N–H and O–H groups in total. The standard InChI is InChI=1S/C12H13NO3/c1-15-9-4-2-8(3-5-9)13-7-10-6-11(16-10)12(13)14/h2-5,10-11H,6-7H2,1H3. The average molecular weight is 219 g/mol. The fourth-order valence-electron chi connectivity index (χ4n) is 2.20. The van der Waals surface area contributed by atoms with Gasteiger partial charge in [-0.05, 0) is 24.3 Å². The van der Waals surface area contributed by atoms with Crippen LogP contribution in [0.3, 0.4) is 0 Å². The van der Waals surface area contributed by atoms with Gasteiger partial charge in [0, 0.05) is 12.1 Å². The molecule has 4 rings (SSSR count). The largest absolute Gasteiger partial charge is 0.497 e. The summed E-state index contributed by atoms with van der Waals surface area (Å²) in [6.45, 7) is 0.668. The molecule has 1 aromatic rings. The van der Waals surface area contributed by atoms with Crippen LogP contribution in [0.5, 0.6) is 5.75 Å². The van der Waals surface area contributed by atoms with Gasteiger partial charge >= 0.3 is 0 Å². The van der Waals surface area contributed by atoms with Crippen molar-refractivity contribution in [1.82, 2.24) is 0 Å². The summed E-state index contributed by atoms with van der Waals surface area (Å²) in [5.41, 5.74) is 0.920. The lowest BCUT2D eigenvalue weighted by atomic mass is 9.97. The van der Waals surface area contributed by atoms with Gasteiger partial charge in [-0.2, -0.15) is 0 Å². The SMILES string of the molecule is COc1ccc(N2CC3CC(O3)C2=O)cc1. The van der Waals surface area contributed by atoms with Crippen molar-refractivity contribution in [2.45, 2.75) is 18.6 Å². The van der Waals surface area contributed by atoms with E-state index < -0.39 is 0 Å². The Bertz CT molecular complexity index is 409. The molecule has 0 saturated carbocycles. The van der Waals surface area contributed by atoms with Gasteiger partial charge in [0.2, 0.25) is 0 Å². The fraction of sp³-hybridized carbons (Fsp3) is 0.417. The number of morpholine rings is 1. The number of ether oxygens (including phenoxy) is 2. The minimum atomic E-state index is -0.208. The topological polar surface area (TPSA) is 38.8 Å². The number of fused-ring (bicyclic) bond motifs is 2. The van der Waals surface area contributed by atoms with Gasteiger partial charge in [-0.25, -0.2) is 0 Å². The summed E-state index contributed by atoms with van der Waals surface area (Å²) < 4.78 is 10.5. The van der Waals surface area contributed by atoms with Crippen LogP contribution in [0.4, 0.5) is 5.69 Å². The molecule has 3 heterocycles. The quantitative estimate of drug-likeness (QED) is 0.750. The van der Waals surface area contributed by atoms with Crippen LogP contribution >= 0.6 is 0 Å². The molecule has 0 radical (unpaired) electrons. The van der Waals surface area contributed by atoms with Crippen LogP contribution < -0.4 is 9.64 Å². The molecule has 3 fully saturated rings. The summed E-state index contributed by atoms with van der Waals surface area (Å²) in [7, 11) is 1.63. The maximum Gasteiger partial charge on any atom is 0.256 e. The van der Waals surface area contributed by atoms with Crippen molar-refractivity contribution in [1.29, 1.82) is 0 Å². The first-order chi connectivity index (χ1) is 7.78. The Balaban J connectivity index is 1.83. The van der Waals surface area contributed by atoms with Gasteiger partial charge in [-0.1, -0.05) is 0 Å². The van der Waals surface area contributed by atoms with Gasteiger partial charge < -0.3 is 14.4 Å². The lowest BCUT2D eigenvalue weighted by Crippen LogP contribution is -2.61. The Hall–Kier alpha value is -1.55. The van der Waals surface area contributed by atoms with Crippen LogP contribution in [0.25, 0.3) is 0 Å². The highest BCUT2D eigenvalue weighted by atomic mass is 16.5. The molecule has 0 aromatic heterocycles. The second-order valence-corrected chi connectivity index (χ2v) is 4.13. The first kappa shape index (κ1) is 9.66. The van der Waals surface area contributed by atoms with Gasteiger partial charge in [0.1, 0.15) is 11.9 Å². The van der Waals surface area contributed by atoms with Gasteiger partial charge in [0.15, 0.2) is 0 Å². The number of methoxy groups -OCH3 is 1. The molecule has 4 nitrogen and oxygen atoms in total. The monoisotopic (exact) mass is 219 g/mol. The zero-order chi connectivity index (χ0) is 11.1. The van der Waals surface area contributed by atoms with Crippen LogP contribution in [-0.4, -0.2) is 31.8 Å². The lowest BCUT2D eigenvalue weighted by molar-refractivity contribution is -0.169. The highest BCUT2D eigenvalue weighted by molar-refractivity contribution is 5.98. The van der Waals surface area contributed by atoms with Crippen molar-refractivity contribution in [3.05, 3.63) is 24.3 Å². The van der Waals surface area contributed by atoms with E-state index in [1.807, 2.05) is 24.3 Å². The molecule has 1 aromatic carbocycles. The highest BCUT2D eigenvalue weighted by Gasteiger charge is 2.45. The van der Waals surface area contributed by atoms with Gasteiger partial charge in [-0.15, -0.1) is 0 Å². The van der Waals surface area contributed by atoms with E-state index in [2.05, 4.69) is 0 Å². The second kappa shape index (κ2) is 3.49. The van der Waals surface area contributed by atoms with Crippen LogP contribution in [0.15, 0.2) is 24.3 Å². The number of carbonyl (C=O) groups is 1. The van der Waals surface area contributed by atoms with E-state index in [-0.39, 0.29) is 18.1 Å². The molecule has 0 aliphatic carbocycles. The molecule has 0 spiro atoms. The van der Waals surface area contributed by atoms with Crippen molar-refractivity contribution in [2.24, 2.45) is 0 Å². The third-order valence-corrected chi connectivity index (χ3v) is 3.15. The summed E-state index contributed by atoms with van der Waals surface area (Å²) >= 11 is 0. The first-order valence-electron chi connectivity index (χ1n) is 5.39. The average Bonchev–Trinajstić information content (AvgIpc) is 2.28. The molecule has 2 bridgehead atoms. The predicted molar refractivity (Wildman–Crippen MR) is 58.6 cm³/mol. The van der Waals surface area contributed by atoms with Gasteiger partial charge in [0.25, 0.3) is 5.91 Å². The third kappa shape index (κ3) is 1.38. The van der Waals surface area contributed by atoms with E-state index >= 15 is 0 Å². The van der Waals surface area contributed by atoms with Crippen molar-refractivity contribution in [3.8, 4) is 5.75 Å². The van der Waals surface area contributed by atoms with E-state index in [4.69, 9.17) is 9.47 Å². The van der Waals surface area contributed by atoms with Crippen LogP contribution in [0.2, 0.25) is 0 Å². The van der Waals surface area contributed by atoms with E-state index in [1.165, 1.54) is 0 Å². The zero-order valence-corrected chi connectivity index (χ0v) is 9.05. The van der Waals surface area contributed by atoms with Crippen LogP contribution in [0, 0.1) is 0 Å². The minimum absolute atomic E-state index is 0.0765. The summed E-state index contributed by atoms with van der Waals surface area (Å²) in [6.07, 6.45) is 0.900. The van der Waals surface area contributed by atoms with Crippen molar-refractivity contribution in [2.75, 3.05) is 18.6 Å². The number of anilines is 1. The molecule has 1 amide bonds. The smallest absolute Gasteiger partial charge is 0.256 e. The Morgan fingerprint density at radius 1 is 1.38 bits per heavy atom. The molecular weight excluding hydrogens is 206 g/mol. The first-order valence-corrected chi connectivity index (χ1v) is 5.39. The molecule has 2 atom stereocenters. The Labute approximate surface area is 93.8 Å². The predicted octanol–water partition coefficient (Wildman–Crippen LogP) is 1.20. The van der Waals surface area contributed by atoms with Gasteiger partial charge in [-0.3, -0.25) is 4.79 Å². The third-order valence-electron chi connectivity index (χ3n) is 3.15. The lowest BCUT2D eigenvalue weighted by Gasteiger charge is -2.45. The van der Waals surface area contributed by atoms with E-state index in [0.717, 1.165) is 17.9 Å². The Morgan fingerprint density at radius 2 is 2.06 bits per heavy atom. The highest BCUT2D eigenvalue weighted by Crippen LogP contribution is 2.32. The van der Waals surface area contributed by atoms with Crippen LogP contribution in [0.1, 0.15) is 6.42 Å². The Kier molecular flexibility index (Phi) is 2.11. The van der Waals surface area contributed by atoms with Crippen molar-refractivity contribution >= 4 is 11.6 Å². The van der Waals surface area contributed by atoms with E-state index in [1.54, 1.807) is 12.0 Å². The summed E-state index contributed by atoms with van der Waals surface area (Å²) in [4.78, 5) is 13.7. The zero-order valence-electron chi connectivity index (χ0n) is 9.05. The number of carbonyl (C=O) groups excluding carboxylic acids is 1. The normalized spacial score (nSPS) is 27.6. The van der Waals surface area contributed by atoms with Crippen molar-refractivity contribution in [3.63, 3.8) is 0 Å². The van der Waals surface area contributed by atoms with Crippen LogP contribution in [-0.2, 0) is 9.53 Å². The molecule has 3 aliphatic rings. The summed E-state index contributed by atoms with van der Waals surface area (Å²) in [5, 5.41) is 0. The van der Waals surface area contributed by atoms with E-state index in [9.17, 15) is 4.79 Å². The number of benzene rings is 1. The molecule has 16 heavy (non-hydrogen) atoms. The molecule has 3 saturated heterocycles. The number of amides is 1. The number of piperidine rings is 1. The van der Waals surface area contributed by atoms with Crippen molar-refractivity contribution < 1.29 is 14.3 Å². The molecule has 3 aliphatic heterocycles. The molecule has 84 valence electrons. The maximum absolute atomic E-state index is 11.9. The molecule has 4 heteroatoms. The fourth-order valence-corrected chi connectivity index (χ4v) is 2.20. The number of nitrogens with zero attached hydrogens (tertiary/aromatic N) is 1. The summed E-state index contributed by atoms with van der Waals surface area (Å²) in [6, 6.07) is 7.54. The Morgan fingerprint density at radius 3 is 2.62 bits per heavy atom. The number of rotatable bonds is 2.